The summed E-state index contributed by atoms with van der Waals surface area (Å²) < 4.78 is 1.74. The molecule has 1 saturated heterocycles. The fourth-order valence-corrected chi connectivity index (χ4v) is 4.88. The van der Waals surface area contributed by atoms with Crippen LogP contribution in [0.2, 0.25) is 0 Å². The van der Waals surface area contributed by atoms with Crippen molar-refractivity contribution in [2.45, 2.75) is 27.3 Å². The van der Waals surface area contributed by atoms with Crippen LogP contribution < -0.4 is 10.5 Å². The standard InChI is InChI=1S/C29H30N4O2/c1-4-33-26-10-6-5-9-24(26)30-27(29(33)35)22-12-14-23(15-13-22)28(34)32-18-16-31(17-19-32)25-11-7-8-20(2)21(25)3/h5-15H,4,16-19H2,1-3H3. The van der Waals surface area contributed by atoms with Crippen LogP contribution in [0.1, 0.15) is 28.4 Å². The summed E-state index contributed by atoms with van der Waals surface area (Å²) in [4.78, 5) is 35.2. The predicted octanol–water partition coefficient (Wildman–Crippen LogP) is 4.66. The Bertz CT molecular complexity index is 1450. The van der Waals surface area contributed by atoms with E-state index in [9.17, 15) is 9.59 Å². The van der Waals surface area contributed by atoms with Crippen molar-refractivity contribution >= 4 is 22.6 Å². The van der Waals surface area contributed by atoms with Gasteiger partial charge in [-0.25, -0.2) is 4.98 Å². The van der Waals surface area contributed by atoms with Gasteiger partial charge < -0.3 is 14.4 Å². The first kappa shape index (κ1) is 22.8. The lowest BCUT2D eigenvalue weighted by Crippen LogP contribution is -2.49. The van der Waals surface area contributed by atoms with Crippen LogP contribution in [0.25, 0.3) is 22.3 Å². The summed E-state index contributed by atoms with van der Waals surface area (Å²) in [5, 5.41) is 0. The molecular weight excluding hydrogens is 436 g/mol. The number of rotatable bonds is 4. The van der Waals surface area contributed by atoms with Gasteiger partial charge in [-0.2, -0.15) is 0 Å². The normalized spacial score (nSPS) is 13.9. The summed E-state index contributed by atoms with van der Waals surface area (Å²) in [6.07, 6.45) is 0. The van der Waals surface area contributed by atoms with E-state index in [4.69, 9.17) is 0 Å². The van der Waals surface area contributed by atoms with Crippen LogP contribution in [-0.4, -0.2) is 46.5 Å². The van der Waals surface area contributed by atoms with Gasteiger partial charge in [-0.1, -0.05) is 36.4 Å². The number of hydrogen-bond acceptors (Lipinski definition) is 4. The van der Waals surface area contributed by atoms with Crippen LogP contribution in [0.15, 0.2) is 71.5 Å². The van der Waals surface area contributed by atoms with Crippen LogP contribution in [0.4, 0.5) is 5.69 Å². The molecule has 0 unspecified atom stereocenters. The van der Waals surface area contributed by atoms with Crippen molar-refractivity contribution in [2.75, 3.05) is 31.1 Å². The zero-order chi connectivity index (χ0) is 24.5. The van der Waals surface area contributed by atoms with Gasteiger partial charge in [-0.3, -0.25) is 9.59 Å². The molecule has 5 rings (SSSR count). The third-order valence-electron chi connectivity index (χ3n) is 7.06. The van der Waals surface area contributed by atoms with Gasteiger partial charge in [0.05, 0.1) is 11.0 Å². The molecule has 1 fully saturated rings. The average molecular weight is 467 g/mol. The Labute approximate surface area is 205 Å². The highest BCUT2D eigenvalue weighted by Crippen LogP contribution is 2.25. The van der Waals surface area contributed by atoms with E-state index < -0.39 is 0 Å². The third-order valence-corrected chi connectivity index (χ3v) is 7.06. The number of nitrogens with zero attached hydrogens (tertiary/aromatic N) is 4. The van der Waals surface area contributed by atoms with E-state index in [1.54, 1.807) is 16.7 Å². The predicted molar refractivity (Wildman–Crippen MR) is 141 cm³/mol. The van der Waals surface area contributed by atoms with Gasteiger partial charge in [0.2, 0.25) is 0 Å². The molecule has 3 aromatic carbocycles. The maximum atomic E-state index is 13.2. The van der Waals surface area contributed by atoms with Crippen molar-refractivity contribution < 1.29 is 4.79 Å². The van der Waals surface area contributed by atoms with Crippen LogP contribution in [0.3, 0.4) is 0 Å². The summed E-state index contributed by atoms with van der Waals surface area (Å²) in [5.74, 6) is 0.0228. The zero-order valence-corrected chi connectivity index (χ0v) is 20.5. The van der Waals surface area contributed by atoms with Crippen molar-refractivity contribution in [3.05, 3.63) is 93.8 Å². The van der Waals surface area contributed by atoms with Crippen molar-refractivity contribution in [2.24, 2.45) is 0 Å². The van der Waals surface area contributed by atoms with E-state index in [1.807, 2.05) is 48.2 Å². The summed E-state index contributed by atoms with van der Waals surface area (Å²) in [6.45, 7) is 9.80. The summed E-state index contributed by atoms with van der Waals surface area (Å²) >= 11 is 0. The Kier molecular flexibility index (Phi) is 6.12. The van der Waals surface area contributed by atoms with Gasteiger partial charge in [0.25, 0.3) is 11.5 Å². The van der Waals surface area contributed by atoms with Crippen LogP contribution in [-0.2, 0) is 6.54 Å². The Hall–Kier alpha value is -3.93. The number of carbonyl (C=O) groups is 1. The first-order valence-electron chi connectivity index (χ1n) is 12.2. The minimum Gasteiger partial charge on any atom is -0.368 e. The molecule has 0 aliphatic carbocycles. The molecule has 1 aliphatic rings. The fraction of sp³-hybridized carbons (Fsp3) is 0.276. The summed E-state index contributed by atoms with van der Waals surface area (Å²) in [7, 11) is 0. The number of hydrogen-bond donors (Lipinski definition) is 0. The van der Waals surface area contributed by atoms with E-state index in [1.165, 1.54) is 16.8 Å². The molecule has 178 valence electrons. The van der Waals surface area contributed by atoms with Crippen molar-refractivity contribution in [1.29, 1.82) is 0 Å². The molecule has 6 nitrogen and oxygen atoms in total. The number of aromatic nitrogens is 2. The Balaban J connectivity index is 1.34. The molecule has 1 aliphatic heterocycles. The first-order valence-corrected chi connectivity index (χ1v) is 12.2. The van der Waals surface area contributed by atoms with E-state index in [0.717, 1.165) is 29.7 Å². The molecule has 0 radical (unpaired) electrons. The minimum absolute atomic E-state index is 0.0228. The molecule has 0 atom stereocenters. The number of para-hydroxylation sites is 2. The lowest BCUT2D eigenvalue weighted by molar-refractivity contribution is 0.0747. The highest BCUT2D eigenvalue weighted by atomic mass is 16.2. The summed E-state index contributed by atoms with van der Waals surface area (Å²) in [5.41, 5.74) is 7.09. The average Bonchev–Trinajstić information content (AvgIpc) is 2.90. The number of carbonyl (C=O) groups excluding carboxylic acids is 1. The van der Waals surface area contributed by atoms with Gasteiger partial charge in [0, 0.05) is 49.5 Å². The first-order chi connectivity index (χ1) is 17.0. The van der Waals surface area contributed by atoms with E-state index in [2.05, 4.69) is 41.9 Å². The topological polar surface area (TPSA) is 58.4 Å². The van der Waals surface area contributed by atoms with Crippen LogP contribution in [0.5, 0.6) is 0 Å². The zero-order valence-electron chi connectivity index (χ0n) is 20.5. The van der Waals surface area contributed by atoms with E-state index in [-0.39, 0.29) is 11.5 Å². The largest absolute Gasteiger partial charge is 0.368 e. The SMILES string of the molecule is CCn1c(=O)c(-c2ccc(C(=O)N3CCN(c4cccc(C)c4C)CC3)cc2)nc2ccccc21. The molecule has 6 heteroatoms. The number of aryl methyl sites for hydroxylation is 2. The van der Waals surface area contributed by atoms with Gasteiger partial charge in [0.1, 0.15) is 5.69 Å². The second kappa shape index (κ2) is 9.37. The van der Waals surface area contributed by atoms with Gasteiger partial charge in [0.15, 0.2) is 0 Å². The minimum atomic E-state index is -0.118. The summed E-state index contributed by atoms with van der Waals surface area (Å²) in [6, 6.07) is 21.3. The molecule has 1 amide bonds. The van der Waals surface area contributed by atoms with E-state index >= 15 is 0 Å². The molecule has 1 aromatic heterocycles. The van der Waals surface area contributed by atoms with Crippen molar-refractivity contribution in [3.8, 4) is 11.3 Å². The molecule has 0 bridgehead atoms. The maximum Gasteiger partial charge on any atom is 0.277 e. The second-order valence-corrected chi connectivity index (χ2v) is 9.07. The van der Waals surface area contributed by atoms with Crippen molar-refractivity contribution in [1.82, 2.24) is 14.5 Å². The van der Waals surface area contributed by atoms with E-state index in [0.29, 0.717) is 30.9 Å². The lowest BCUT2D eigenvalue weighted by Gasteiger charge is -2.37. The number of fused-ring (bicyclic) bond motifs is 1. The fourth-order valence-electron chi connectivity index (χ4n) is 4.88. The van der Waals surface area contributed by atoms with Crippen LogP contribution in [0, 0.1) is 13.8 Å². The molecule has 35 heavy (non-hydrogen) atoms. The monoisotopic (exact) mass is 466 g/mol. The van der Waals surface area contributed by atoms with Crippen LogP contribution >= 0.6 is 0 Å². The highest BCUT2D eigenvalue weighted by Gasteiger charge is 2.23. The van der Waals surface area contributed by atoms with Gasteiger partial charge in [-0.15, -0.1) is 0 Å². The quantitative estimate of drug-likeness (QED) is 0.439. The number of benzene rings is 3. The smallest absolute Gasteiger partial charge is 0.277 e. The molecule has 4 aromatic rings. The Morgan fingerprint density at radius 3 is 2.31 bits per heavy atom. The van der Waals surface area contributed by atoms with Gasteiger partial charge >= 0.3 is 0 Å². The number of anilines is 1. The molecule has 2 heterocycles. The second-order valence-electron chi connectivity index (χ2n) is 9.07. The maximum absolute atomic E-state index is 13.2. The molecular formula is C29H30N4O2. The molecule has 0 spiro atoms. The lowest BCUT2D eigenvalue weighted by atomic mass is 10.1. The highest BCUT2D eigenvalue weighted by molar-refractivity contribution is 5.95. The van der Waals surface area contributed by atoms with Crippen molar-refractivity contribution in [3.63, 3.8) is 0 Å². The number of amides is 1. The molecule has 0 N–H and O–H groups in total. The van der Waals surface area contributed by atoms with Gasteiger partial charge in [-0.05, 0) is 62.2 Å². The third kappa shape index (κ3) is 4.20. The Morgan fingerprint density at radius 2 is 1.60 bits per heavy atom. The number of piperazine rings is 1. The Morgan fingerprint density at radius 1 is 0.886 bits per heavy atom. The molecule has 0 saturated carbocycles.